The predicted molar refractivity (Wildman–Crippen MR) is 107 cm³/mol. The number of amides is 2. The summed E-state index contributed by atoms with van der Waals surface area (Å²) in [6, 6.07) is 14.0. The molecule has 3 rings (SSSR count). The lowest BCUT2D eigenvalue weighted by atomic mass is 10.2. The minimum absolute atomic E-state index is 0.143. The van der Waals surface area contributed by atoms with E-state index in [-0.39, 0.29) is 11.8 Å². The van der Waals surface area contributed by atoms with E-state index < -0.39 is 0 Å². The number of aryl methyl sites for hydroxylation is 1. The van der Waals surface area contributed by atoms with Gasteiger partial charge in [-0.25, -0.2) is 4.68 Å². The Morgan fingerprint density at radius 2 is 1.48 bits per heavy atom. The van der Waals surface area contributed by atoms with Gasteiger partial charge in [0.25, 0.3) is 5.91 Å². The smallest absolute Gasteiger partial charge is 0.255 e. The molecule has 0 bridgehead atoms. The van der Waals surface area contributed by atoms with E-state index in [2.05, 4.69) is 15.7 Å². The van der Waals surface area contributed by atoms with Gasteiger partial charge in [-0.05, 0) is 62.4 Å². The van der Waals surface area contributed by atoms with Gasteiger partial charge in [-0.15, -0.1) is 0 Å². The standard InChI is InChI=1S/C20H19ClN4O2/c1-12-19(21)13(2)25(24-12)18-10-4-15(5-11-18)20(27)23-17-8-6-16(7-9-17)22-14(3)26/h4-11H,1-3H3,(H,22,26)(H,23,27). The summed E-state index contributed by atoms with van der Waals surface area (Å²) in [7, 11) is 0. The fourth-order valence-electron chi connectivity index (χ4n) is 2.67. The molecule has 0 unspecified atom stereocenters. The third kappa shape index (κ3) is 4.17. The highest BCUT2D eigenvalue weighted by atomic mass is 35.5. The number of nitrogens with one attached hydrogen (secondary N) is 2. The van der Waals surface area contributed by atoms with Crippen LogP contribution in [0.4, 0.5) is 11.4 Å². The molecule has 0 saturated carbocycles. The van der Waals surface area contributed by atoms with Gasteiger partial charge in [0, 0.05) is 23.9 Å². The van der Waals surface area contributed by atoms with Gasteiger partial charge in [-0.3, -0.25) is 9.59 Å². The van der Waals surface area contributed by atoms with E-state index in [1.54, 1.807) is 41.1 Å². The predicted octanol–water partition coefficient (Wildman–Crippen LogP) is 4.35. The first-order valence-corrected chi connectivity index (χ1v) is 8.74. The SMILES string of the molecule is CC(=O)Nc1ccc(NC(=O)c2ccc(-n3nc(C)c(Cl)c3C)cc2)cc1. The summed E-state index contributed by atoms with van der Waals surface area (Å²) in [5.41, 5.74) is 4.29. The number of nitrogens with zero attached hydrogens (tertiary/aromatic N) is 2. The topological polar surface area (TPSA) is 76.0 Å². The highest BCUT2D eigenvalue weighted by molar-refractivity contribution is 6.31. The molecule has 0 radical (unpaired) electrons. The molecule has 6 nitrogen and oxygen atoms in total. The zero-order valence-electron chi connectivity index (χ0n) is 15.2. The maximum absolute atomic E-state index is 12.4. The van der Waals surface area contributed by atoms with E-state index >= 15 is 0 Å². The van der Waals surface area contributed by atoms with Crippen molar-refractivity contribution in [3.63, 3.8) is 0 Å². The molecule has 1 aromatic heterocycles. The second-order valence-electron chi connectivity index (χ2n) is 6.16. The zero-order chi connectivity index (χ0) is 19.6. The van der Waals surface area contributed by atoms with Gasteiger partial charge in [-0.2, -0.15) is 5.10 Å². The first kappa shape index (κ1) is 18.7. The number of hydrogen-bond acceptors (Lipinski definition) is 3. The van der Waals surface area contributed by atoms with E-state index in [1.807, 2.05) is 26.0 Å². The van der Waals surface area contributed by atoms with Crippen molar-refractivity contribution in [2.24, 2.45) is 0 Å². The number of rotatable bonds is 4. The van der Waals surface area contributed by atoms with Gasteiger partial charge in [0.2, 0.25) is 5.91 Å². The molecule has 1 heterocycles. The van der Waals surface area contributed by atoms with E-state index in [0.29, 0.717) is 22.0 Å². The lowest BCUT2D eigenvalue weighted by molar-refractivity contribution is -0.114. The first-order valence-electron chi connectivity index (χ1n) is 8.36. The third-order valence-corrected chi connectivity index (χ3v) is 4.59. The third-order valence-electron chi connectivity index (χ3n) is 4.04. The molecule has 0 aliphatic heterocycles. The molecule has 2 aromatic carbocycles. The molecule has 0 aliphatic rings. The Kier molecular flexibility index (Phi) is 5.28. The van der Waals surface area contributed by atoms with Crippen molar-refractivity contribution < 1.29 is 9.59 Å². The van der Waals surface area contributed by atoms with Crippen molar-refractivity contribution in [2.45, 2.75) is 20.8 Å². The van der Waals surface area contributed by atoms with Crippen molar-refractivity contribution in [2.75, 3.05) is 10.6 Å². The van der Waals surface area contributed by atoms with Crippen LogP contribution in [-0.4, -0.2) is 21.6 Å². The molecule has 0 saturated heterocycles. The number of carbonyl (C=O) groups excluding carboxylic acids is 2. The minimum atomic E-state index is -0.222. The summed E-state index contributed by atoms with van der Waals surface area (Å²) in [6.45, 7) is 5.19. The fraction of sp³-hybridized carbons (Fsp3) is 0.150. The molecule has 2 amide bonds. The molecule has 7 heteroatoms. The van der Waals surface area contributed by atoms with Gasteiger partial charge >= 0.3 is 0 Å². The van der Waals surface area contributed by atoms with Crippen LogP contribution >= 0.6 is 11.6 Å². The normalized spacial score (nSPS) is 10.5. The maximum Gasteiger partial charge on any atom is 0.255 e. The Morgan fingerprint density at radius 3 is 1.96 bits per heavy atom. The molecule has 0 spiro atoms. The van der Waals surface area contributed by atoms with Crippen LogP contribution in [0.3, 0.4) is 0 Å². The molecular formula is C20H19ClN4O2. The van der Waals surface area contributed by atoms with E-state index in [4.69, 9.17) is 11.6 Å². The van der Waals surface area contributed by atoms with Crippen LogP contribution in [-0.2, 0) is 4.79 Å². The quantitative estimate of drug-likeness (QED) is 0.704. The molecule has 0 fully saturated rings. The summed E-state index contributed by atoms with van der Waals surface area (Å²) in [5.74, 6) is -0.365. The summed E-state index contributed by atoms with van der Waals surface area (Å²) < 4.78 is 1.75. The molecule has 3 aromatic rings. The van der Waals surface area contributed by atoms with Crippen molar-refractivity contribution >= 4 is 34.8 Å². The number of anilines is 2. The van der Waals surface area contributed by atoms with Crippen molar-refractivity contribution in [3.8, 4) is 5.69 Å². The monoisotopic (exact) mass is 382 g/mol. The Balaban J connectivity index is 1.72. The van der Waals surface area contributed by atoms with Gasteiger partial charge in [0.1, 0.15) is 0 Å². The highest BCUT2D eigenvalue weighted by Gasteiger charge is 2.12. The average Bonchev–Trinajstić information content (AvgIpc) is 2.90. The number of halogens is 1. The Morgan fingerprint density at radius 1 is 0.926 bits per heavy atom. The molecule has 2 N–H and O–H groups in total. The van der Waals surface area contributed by atoms with Crippen molar-refractivity contribution in [1.82, 2.24) is 9.78 Å². The first-order chi connectivity index (χ1) is 12.8. The number of aromatic nitrogens is 2. The molecule has 0 atom stereocenters. The van der Waals surface area contributed by atoms with Crippen LogP contribution in [0.15, 0.2) is 48.5 Å². The molecule has 27 heavy (non-hydrogen) atoms. The Hall–Kier alpha value is -3.12. The zero-order valence-corrected chi connectivity index (χ0v) is 16.0. The summed E-state index contributed by atoms with van der Waals surface area (Å²) in [4.78, 5) is 23.5. The highest BCUT2D eigenvalue weighted by Crippen LogP contribution is 2.22. The van der Waals surface area contributed by atoms with E-state index in [1.165, 1.54) is 6.92 Å². The largest absolute Gasteiger partial charge is 0.326 e. The van der Waals surface area contributed by atoms with Gasteiger partial charge in [0.15, 0.2) is 0 Å². The van der Waals surface area contributed by atoms with Crippen LogP contribution in [0.2, 0.25) is 5.02 Å². The van der Waals surface area contributed by atoms with Gasteiger partial charge in [0.05, 0.1) is 22.1 Å². The molecule has 0 aliphatic carbocycles. The lowest BCUT2D eigenvalue weighted by Crippen LogP contribution is -2.12. The maximum atomic E-state index is 12.4. The number of carbonyl (C=O) groups is 2. The second kappa shape index (κ2) is 7.63. The van der Waals surface area contributed by atoms with Crippen molar-refractivity contribution in [1.29, 1.82) is 0 Å². The van der Waals surface area contributed by atoms with Crippen LogP contribution in [0, 0.1) is 13.8 Å². The fourth-order valence-corrected chi connectivity index (χ4v) is 2.79. The summed E-state index contributed by atoms with van der Waals surface area (Å²) >= 11 is 6.19. The van der Waals surface area contributed by atoms with Crippen LogP contribution in [0.25, 0.3) is 5.69 Å². The number of benzene rings is 2. The summed E-state index contributed by atoms with van der Waals surface area (Å²) in [5, 5.41) is 10.6. The average molecular weight is 383 g/mol. The van der Waals surface area contributed by atoms with Crippen molar-refractivity contribution in [3.05, 3.63) is 70.5 Å². The second-order valence-corrected chi connectivity index (χ2v) is 6.53. The Labute approximate surface area is 162 Å². The summed E-state index contributed by atoms with van der Waals surface area (Å²) in [6.07, 6.45) is 0. The van der Waals surface area contributed by atoms with Crippen LogP contribution < -0.4 is 10.6 Å². The lowest BCUT2D eigenvalue weighted by Gasteiger charge is -2.08. The molecular weight excluding hydrogens is 364 g/mol. The Bertz CT molecular complexity index is 992. The van der Waals surface area contributed by atoms with E-state index in [9.17, 15) is 9.59 Å². The van der Waals surface area contributed by atoms with Gasteiger partial charge in [-0.1, -0.05) is 11.6 Å². The minimum Gasteiger partial charge on any atom is -0.326 e. The van der Waals surface area contributed by atoms with Gasteiger partial charge < -0.3 is 10.6 Å². The van der Waals surface area contributed by atoms with Crippen LogP contribution in [0.5, 0.6) is 0 Å². The number of hydrogen-bond donors (Lipinski definition) is 2. The molecule has 138 valence electrons. The van der Waals surface area contributed by atoms with E-state index in [0.717, 1.165) is 17.1 Å². The van der Waals surface area contributed by atoms with Crippen LogP contribution in [0.1, 0.15) is 28.7 Å².